The van der Waals surface area contributed by atoms with Crippen LogP contribution in [0.15, 0.2) is 36.4 Å². The molecule has 2 saturated heterocycles. The van der Waals surface area contributed by atoms with Gasteiger partial charge in [0.1, 0.15) is 11.6 Å². The van der Waals surface area contributed by atoms with Gasteiger partial charge >= 0.3 is 0 Å². The number of amides is 3. The normalized spacial score (nSPS) is 33.8. The molecule has 8 nitrogen and oxygen atoms in total. The molecule has 3 amide bonds. The van der Waals surface area contributed by atoms with Crippen LogP contribution < -0.4 is 10.6 Å². The van der Waals surface area contributed by atoms with Gasteiger partial charge in [0.15, 0.2) is 0 Å². The van der Waals surface area contributed by atoms with E-state index in [1.807, 2.05) is 55.4 Å². The fourth-order valence-electron chi connectivity index (χ4n) is 6.78. The molecule has 2 bridgehead atoms. The van der Waals surface area contributed by atoms with Crippen molar-refractivity contribution in [3.8, 4) is 0 Å². The highest BCUT2D eigenvalue weighted by Crippen LogP contribution is 2.55. The molecule has 1 aromatic carbocycles. The zero-order valence-electron chi connectivity index (χ0n) is 23.3. The Labute approximate surface area is 226 Å². The molecule has 1 aliphatic carbocycles. The standard InChI is InChI=1S/C30H42N4O4/c1-18(2)20-10-12-21(13-11-20)31-27(35)24-23-14-15-30(38-23)25(24)29(37)34(17-16-33(4)5)26(30)28(36)32-22-9-7-6-8-19(22)3/h10-15,18-19,22-26H,6-9,16-17H2,1-5H3,(H,31,35)(H,32,36)/t19-,22-,23-,24+,25-,26-,30-/m0/s1. The highest BCUT2D eigenvalue weighted by Gasteiger charge is 2.72. The Morgan fingerprint density at radius 2 is 1.84 bits per heavy atom. The van der Waals surface area contributed by atoms with Crippen LogP contribution in [0.5, 0.6) is 0 Å². The summed E-state index contributed by atoms with van der Waals surface area (Å²) in [5.74, 6) is -1.22. The lowest BCUT2D eigenvalue weighted by Crippen LogP contribution is -2.58. The molecule has 1 spiro atoms. The van der Waals surface area contributed by atoms with Crippen LogP contribution in [-0.2, 0) is 19.1 Å². The van der Waals surface area contributed by atoms with E-state index >= 15 is 0 Å². The second kappa shape index (κ2) is 10.5. The van der Waals surface area contributed by atoms with Crippen LogP contribution in [0, 0.1) is 17.8 Å². The number of likely N-dealkylation sites (tertiary alicyclic amines) is 1. The molecule has 2 N–H and O–H groups in total. The first-order chi connectivity index (χ1) is 18.1. The third-order valence-electron chi connectivity index (χ3n) is 9.00. The van der Waals surface area contributed by atoms with Crippen LogP contribution in [0.4, 0.5) is 5.69 Å². The fourth-order valence-corrected chi connectivity index (χ4v) is 6.78. The van der Waals surface area contributed by atoms with Gasteiger partial charge in [0.25, 0.3) is 0 Å². The van der Waals surface area contributed by atoms with E-state index in [4.69, 9.17) is 4.74 Å². The molecule has 3 heterocycles. The summed E-state index contributed by atoms with van der Waals surface area (Å²) >= 11 is 0. The number of hydrogen-bond acceptors (Lipinski definition) is 5. The maximum absolute atomic E-state index is 14.0. The number of carbonyl (C=O) groups is 3. The van der Waals surface area contributed by atoms with E-state index in [1.165, 1.54) is 12.0 Å². The highest BCUT2D eigenvalue weighted by molar-refractivity contribution is 6.02. The van der Waals surface area contributed by atoms with Gasteiger partial charge < -0.3 is 25.2 Å². The molecule has 3 aliphatic heterocycles. The van der Waals surface area contributed by atoms with E-state index in [0.717, 1.165) is 19.3 Å². The van der Waals surface area contributed by atoms with Gasteiger partial charge in [-0.3, -0.25) is 14.4 Å². The van der Waals surface area contributed by atoms with Crippen molar-refractivity contribution in [3.05, 3.63) is 42.0 Å². The van der Waals surface area contributed by atoms with Crippen LogP contribution in [0.25, 0.3) is 0 Å². The Morgan fingerprint density at radius 1 is 1.13 bits per heavy atom. The second-order valence-corrected chi connectivity index (χ2v) is 12.2. The maximum atomic E-state index is 14.0. The Hall–Kier alpha value is -2.71. The SMILES string of the molecule is CC(C)c1ccc(NC(=O)[C@@H]2[C@@H]3C=C[C@]4(O3)[C@@H]2C(=O)N(CCN(C)C)[C@H]4C(=O)N[C@H]2CCCC[C@@H]2C)cc1. The lowest BCUT2D eigenvalue weighted by atomic mass is 9.74. The van der Waals surface area contributed by atoms with E-state index < -0.39 is 29.6 Å². The number of fused-ring (bicyclic) bond motifs is 1. The van der Waals surface area contributed by atoms with Gasteiger partial charge in [0.05, 0.1) is 17.9 Å². The zero-order chi connectivity index (χ0) is 27.2. The minimum Gasteiger partial charge on any atom is -0.359 e. The quantitative estimate of drug-likeness (QED) is 0.512. The molecule has 0 unspecified atom stereocenters. The van der Waals surface area contributed by atoms with Gasteiger partial charge in [-0.25, -0.2) is 0 Å². The summed E-state index contributed by atoms with van der Waals surface area (Å²) in [4.78, 5) is 45.2. The van der Waals surface area contributed by atoms with E-state index in [1.54, 1.807) is 4.90 Å². The molecular weight excluding hydrogens is 480 g/mol. The number of rotatable bonds is 8. The first kappa shape index (κ1) is 26.9. The van der Waals surface area contributed by atoms with Crippen LogP contribution in [0.1, 0.15) is 57.9 Å². The van der Waals surface area contributed by atoms with Crippen LogP contribution in [0.2, 0.25) is 0 Å². The minimum absolute atomic E-state index is 0.0907. The number of carbonyl (C=O) groups excluding carboxylic acids is 3. The van der Waals surface area contributed by atoms with Crippen LogP contribution >= 0.6 is 0 Å². The summed E-state index contributed by atoms with van der Waals surface area (Å²) in [6.45, 7) is 7.45. The predicted octanol–water partition coefficient (Wildman–Crippen LogP) is 3.16. The largest absolute Gasteiger partial charge is 0.359 e. The summed E-state index contributed by atoms with van der Waals surface area (Å²) < 4.78 is 6.45. The van der Waals surface area contributed by atoms with Crippen LogP contribution in [0.3, 0.4) is 0 Å². The number of nitrogens with one attached hydrogen (secondary N) is 2. The van der Waals surface area contributed by atoms with Gasteiger partial charge in [-0.2, -0.15) is 0 Å². The predicted molar refractivity (Wildman–Crippen MR) is 147 cm³/mol. The Morgan fingerprint density at radius 3 is 2.50 bits per heavy atom. The topological polar surface area (TPSA) is 91.0 Å². The molecule has 7 atom stereocenters. The third-order valence-corrected chi connectivity index (χ3v) is 9.00. The molecule has 1 aromatic rings. The van der Waals surface area contributed by atoms with E-state index in [2.05, 4.69) is 31.4 Å². The van der Waals surface area contributed by atoms with Gasteiger partial charge in [0.2, 0.25) is 17.7 Å². The summed E-state index contributed by atoms with van der Waals surface area (Å²) in [6.07, 6.45) is 7.53. The number of benzene rings is 1. The van der Waals surface area contributed by atoms with Crippen molar-refractivity contribution >= 4 is 23.4 Å². The maximum Gasteiger partial charge on any atom is 0.246 e. The number of hydrogen-bond donors (Lipinski definition) is 2. The monoisotopic (exact) mass is 522 g/mol. The smallest absolute Gasteiger partial charge is 0.246 e. The fraction of sp³-hybridized carbons (Fsp3) is 0.633. The Bertz CT molecular complexity index is 1100. The molecule has 0 aromatic heterocycles. The van der Waals surface area contributed by atoms with Crippen molar-refractivity contribution in [2.24, 2.45) is 17.8 Å². The average molecular weight is 523 g/mol. The van der Waals surface area contributed by atoms with Crippen molar-refractivity contribution in [1.82, 2.24) is 15.1 Å². The molecule has 8 heteroatoms. The van der Waals surface area contributed by atoms with Gasteiger partial charge in [0, 0.05) is 24.8 Å². The molecule has 1 saturated carbocycles. The van der Waals surface area contributed by atoms with Crippen molar-refractivity contribution in [3.63, 3.8) is 0 Å². The van der Waals surface area contributed by atoms with Gasteiger partial charge in [-0.05, 0) is 56.5 Å². The number of anilines is 1. The highest BCUT2D eigenvalue weighted by atomic mass is 16.5. The summed E-state index contributed by atoms with van der Waals surface area (Å²) in [5, 5.41) is 6.29. The van der Waals surface area contributed by atoms with Crippen LogP contribution in [-0.4, -0.2) is 78.5 Å². The van der Waals surface area contributed by atoms with E-state index in [9.17, 15) is 14.4 Å². The third kappa shape index (κ3) is 4.66. The lowest BCUT2D eigenvalue weighted by molar-refractivity contribution is -0.141. The first-order valence-corrected chi connectivity index (χ1v) is 14.2. The molecule has 38 heavy (non-hydrogen) atoms. The van der Waals surface area contributed by atoms with Gasteiger partial charge in [-0.15, -0.1) is 0 Å². The first-order valence-electron chi connectivity index (χ1n) is 14.2. The number of likely N-dealkylation sites (N-methyl/N-ethyl adjacent to an activating group) is 1. The summed E-state index contributed by atoms with van der Waals surface area (Å²) in [5.41, 5.74) is 0.756. The molecule has 206 valence electrons. The van der Waals surface area contributed by atoms with Crippen molar-refractivity contribution in [2.75, 3.05) is 32.5 Å². The zero-order valence-corrected chi connectivity index (χ0v) is 23.3. The van der Waals surface area contributed by atoms with E-state index in [0.29, 0.717) is 30.6 Å². The van der Waals surface area contributed by atoms with Crippen molar-refractivity contribution < 1.29 is 19.1 Å². The second-order valence-electron chi connectivity index (χ2n) is 12.2. The Balaban J connectivity index is 1.41. The lowest BCUT2D eigenvalue weighted by Gasteiger charge is -2.36. The Kier molecular flexibility index (Phi) is 7.40. The average Bonchev–Trinajstić information content (AvgIpc) is 3.51. The molecule has 0 radical (unpaired) electrons. The number of ether oxygens (including phenoxy) is 1. The summed E-state index contributed by atoms with van der Waals surface area (Å²) in [7, 11) is 3.89. The minimum atomic E-state index is -1.13. The van der Waals surface area contributed by atoms with Gasteiger partial charge in [-0.1, -0.05) is 57.9 Å². The molecular formula is C30H42N4O4. The molecule has 4 aliphatic rings. The molecule has 3 fully saturated rings. The van der Waals surface area contributed by atoms with Crippen molar-refractivity contribution in [2.45, 2.75) is 76.2 Å². The summed E-state index contributed by atoms with van der Waals surface area (Å²) in [6, 6.07) is 7.11. The number of nitrogens with zero attached hydrogens (tertiary/aromatic N) is 2. The van der Waals surface area contributed by atoms with Crippen molar-refractivity contribution in [1.29, 1.82) is 0 Å². The molecule has 5 rings (SSSR count). The van der Waals surface area contributed by atoms with E-state index in [-0.39, 0.29) is 23.8 Å².